The predicted octanol–water partition coefficient (Wildman–Crippen LogP) is 1.25. The fourth-order valence-electron chi connectivity index (χ4n) is 3.58. The molecular formula is C14H25N3O2. The van der Waals surface area contributed by atoms with E-state index < -0.39 is 0 Å². The van der Waals surface area contributed by atoms with E-state index in [0.717, 1.165) is 30.7 Å². The van der Waals surface area contributed by atoms with Crippen molar-refractivity contribution < 1.29 is 9.59 Å². The number of amides is 3. The van der Waals surface area contributed by atoms with Gasteiger partial charge in [0.1, 0.15) is 0 Å². The van der Waals surface area contributed by atoms with Crippen LogP contribution in [0, 0.1) is 17.8 Å². The summed E-state index contributed by atoms with van der Waals surface area (Å²) >= 11 is 0. The Kier molecular flexibility index (Phi) is 5.05. The standard InChI is InChI=1S/C14H25N3O2/c1-15-13(18)5-7-17-14(19)16-6-4-12-9-10-2-3-11(12)8-10/h10-12H,2-9H2,1H3,(H,15,18)(H2,16,17,19)/t10-,11-,12+/m0/s1. The molecule has 2 saturated carbocycles. The van der Waals surface area contributed by atoms with Crippen LogP contribution in [0.5, 0.6) is 0 Å². The molecule has 2 aliphatic rings. The van der Waals surface area contributed by atoms with Crippen molar-refractivity contribution >= 4 is 11.9 Å². The molecule has 3 amide bonds. The van der Waals surface area contributed by atoms with E-state index in [4.69, 9.17) is 0 Å². The zero-order chi connectivity index (χ0) is 13.7. The van der Waals surface area contributed by atoms with E-state index in [2.05, 4.69) is 16.0 Å². The van der Waals surface area contributed by atoms with E-state index in [1.54, 1.807) is 7.05 Å². The summed E-state index contributed by atoms with van der Waals surface area (Å²) in [5, 5.41) is 8.10. The normalized spacial score (nSPS) is 28.2. The molecule has 0 heterocycles. The molecule has 0 saturated heterocycles. The summed E-state index contributed by atoms with van der Waals surface area (Å²) in [4.78, 5) is 22.5. The van der Waals surface area contributed by atoms with Crippen molar-refractivity contribution in [2.75, 3.05) is 20.1 Å². The predicted molar refractivity (Wildman–Crippen MR) is 73.6 cm³/mol. The molecule has 0 aromatic rings. The molecule has 0 spiro atoms. The minimum absolute atomic E-state index is 0.0534. The molecule has 2 fully saturated rings. The van der Waals surface area contributed by atoms with Gasteiger partial charge in [-0.3, -0.25) is 4.79 Å². The topological polar surface area (TPSA) is 70.2 Å². The molecule has 0 aliphatic heterocycles. The SMILES string of the molecule is CNC(=O)CCNC(=O)NCC[C@@H]1C[C@H]2CC[C@H]1C2. The van der Waals surface area contributed by atoms with E-state index in [-0.39, 0.29) is 11.9 Å². The van der Waals surface area contributed by atoms with Crippen LogP contribution in [-0.4, -0.2) is 32.1 Å². The fourth-order valence-corrected chi connectivity index (χ4v) is 3.58. The first-order valence-electron chi connectivity index (χ1n) is 7.41. The summed E-state index contributed by atoms with van der Waals surface area (Å²) in [6, 6.07) is -0.160. The zero-order valence-corrected chi connectivity index (χ0v) is 11.7. The summed E-state index contributed by atoms with van der Waals surface area (Å²) in [6.45, 7) is 1.14. The van der Waals surface area contributed by atoms with Crippen LogP contribution < -0.4 is 16.0 Å². The number of nitrogens with one attached hydrogen (secondary N) is 3. The van der Waals surface area contributed by atoms with Crippen molar-refractivity contribution in [2.45, 2.75) is 38.5 Å². The van der Waals surface area contributed by atoms with E-state index in [0.29, 0.717) is 13.0 Å². The fraction of sp³-hybridized carbons (Fsp3) is 0.857. The lowest BCUT2D eigenvalue weighted by Crippen LogP contribution is -2.38. The Balaban J connectivity index is 1.51. The van der Waals surface area contributed by atoms with Gasteiger partial charge >= 0.3 is 6.03 Å². The summed E-state index contributed by atoms with van der Waals surface area (Å²) in [7, 11) is 1.59. The molecule has 2 aliphatic carbocycles. The minimum atomic E-state index is -0.160. The lowest BCUT2D eigenvalue weighted by Gasteiger charge is -2.21. The van der Waals surface area contributed by atoms with Crippen molar-refractivity contribution in [3.05, 3.63) is 0 Å². The van der Waals surface area contributed by atoms with Crippen LogP contribution in [0.25, 0.3) is 0 Å². The number of hydrogen-bond donors (Lipinski definition) is 3. The van der Waals surface area contributed by atoms with Crippen LogP contribution in [0.2, 0.25) is 0 Å². The van der Waals surface area contributed by atoms with Crippen LogP contribution in [0.1, 0.15) is 38.5 Å². The monoisotopic (exact) mass is 267 g/mol. The number of urea groups is 1. The third kappa shape index (κ3) is 4.11. The Morgan fingerprint density at radius 3 is 2.53 bits per heavy atom. The molecule has 0 radical (unpaired) electrons. The molecule has 0 aromatic carbocycles. The first-order valence-corrected chi connectivity index (χ1v) is 7.41. The lowest BCUT2D eigenvalue weighted by molar-refractivity contribution is -0.120. The molecule has 19 heavy (non-hydrogen) atoms. The summed E-state index contributed by atoms with van der Waals surface area (Å²) in [5.74, 6) is 2.66. The summed E-state index contributed by atoms with van der Waals surface area (Å²) in [6.07, 6.45) is 7.04. The van der Waals surface area contributed by atoms with E-state index in [1.807, 2.05) is 0 Å². The second kappa shape index (κ2) is 6.78. The molecule has 2 rings (SSSR count). The second-order valence-corrected chi connectivity index (χ2v) is 5.83. The second-order valence-electron chi connectivity index (χ2n) is 5.83. The van der Waals surface area contributed by atoms with Crippen LogP contribution in [0.15, 0.2) is 0 Å². The average molecular weight is 267 g/mol. The molecule has 2 bridgehead atoms. The van der Waals surface area contributed by atoms with Crippen molar-refractivity contribution in [1.29, 1.82) is 0 Å². The molecule has 108 valence electrons. The average Bonchev–Trinajstić information content (AvgIpc) is 3.01. The number of carbonyl (C=O) groups is 2. The Hall–Kier alpha value is -1.26. The third-order valence-electron chi connectivity index (χ3n) is 4.60. The van der Waals surface area contributed by atoms with Gasteiger partial charge in [-0.2, -0.15) is 0 Å². The Morgan fingerprint density at radius 2 is 1.89 bits per heavy atom. The number of hydrogen-bond acceptors (Lipinski definition) is 2. The number of fused-ring (bicyclic) bond motifs is 2. The minimum Gasteiger partial charge on any atom is -0.359 e. The number of rotatable bonds is 6. The Labute approximate surface area is 114 Å². The van der Waals surface area contributed by atoms with Crippen LogP contribution in [0.4, 0.5) is 4.79 Å². The smallest absolute Gasteiger partial charge is 0.314 e. The summed E-state index contributed by atoms with van der Waals surface area (Å²) < 4.78 is 0. The van der Waals surface area contributed by atoms with Crippen molar-refractivity contribution in [3.63, 3.8) is 0 Å². The third-order valence-corrected chi connectivity index (χ3v) is 4.60. The highest BCUT2D eigenvalue weighted by molar-refractivity contribution is 5.77. The highest BCUT2D eigenvalue weighted by atomic mass is 16.2. The Bertz CT molecular complexity index is 333. The molecule has 0 aromatic heterocycles. The zero-order valence-electron chi connectivity index (χ0n) is 11.7. The van der Waals surface area contributed by atoms with Crippen molar-refractivity contribution in [2.24, 2.45) is 17.8 Å². The van der Waals surface area contributed by atoms with Crippen molar-refractivity contribution in [3.8, 4) is 0 Å². The van der Waals surface area contributed by atoms with Gasteiger partial charge in [-0.15, -0.1) is 0 Å². The van der Waals surface area contributed by atoms with Gasteiger partial charge in [0, 0.05) is 26.6 Å². The van der Waals surface area contributed by atoms with Crippen LogP contribution >= 0.6 is 0 Å². The van der Waals surface area contributed by atoms with Gasteiger partial charge in [0.25, 0.3) is 0 Å². The Morgan fingerprint density at radius 1 is 1.11 bits per heavy atom. The van der Waals surface area contributed by atoms with Gasteiger partial charge < -0.3 is 16.0 Å². The van der Waals surface area contributed by atoms with E-state index >= 15 is 0 Å². The quantitative estimate of drug-likeness (QED) is 0.678. The van der Waals surface area contributed by atoms with Gasteiger partial charge in [-0.05, 0) is 43.4 Å². The first-order chi connectivity index (χ1) is 9.19. The first kappa shape index (κ1) is 14.2. The molecule has 5 heteroatoms. The molecule has 3 atom stereocenters. The van der Waals surface area contributed by atoms with Gasteiger partial charge in [-0.1, -0.05) is 6.42 Å². The highest BCUT2D eigenvalue weighted by Crippen LogP contribution is 2.49. The maximum Gasteiger partial charge on any atom is 0.314 e. The maximum atomic E-state index is 11.5. The van der Waals surface area contributed by atoms with Crippen LogP contribution in [0.3, 0.4) is 0 Å². The molecular weight excluding hydrogens is 242 g/mol. The molecule has 5 nitrogen and oxygen atoms in total. The molecule has 0 unspecified atom stereocenters. The van der Waals surface area contributed by atoms with E-state index in [1.165, 1.54) is 25.7 Å². The van der Waals surface area contributed by atoms with Gasteiger partial charge in [0.15, 0.2) is 0 Å². The van der Waals surface area contributed by atoms with Gasteiger partial charge in [-0.25, -0.2) is 4.79 Å². The largest absolute Gasteiger partial charge is 0.359 e. The van der Waals surface area contributed by atoms with Gasteiger partial charge in [0.05, 0.1) is 0 Å². The van der Waals surface area contributed by atoms with Crippen LogP contribution in [-0.2, 0) is 4.79 Å². The summed E-state index contributed by atoms with van der Waals surface area (Å²) in [5.41, 5.74) is 0. The van der Waals surface area contributed by atoms with E-state index in [9.17, 15) is 9.59 Å². The molecule has 3 N–H and O–H groups in total. The highest BCUT2D eigenvalue weighted by Gasteiger charge is 2.38. The number of carbonyl (C=O) groups excluding carboxylic acids is 2. The van der Waals surface area contributed by atoms with Gasteiger partial charge in [0.2, 0.25) is 5.91 Å². The lowest BCUT2D eigenvalue weighted by atomic mass is 9.86. The van der Waals surface area contributed by atoms with Crippen molar-refractivity contribution in [1.82, 2.24) is 16.0 Å². The maximum absolute atomic E-state index is 11.5.